The van der Waals surface area contributed by atoms with E-state index in [-0.39, 0.29) is 10.8 Å². The van der Waals surface area contributed by atoms with Crippen LogP contribution in [0.15, 0.2) is 231 Å². The number of nitrogens with zero attached hydrogens (tertiary/aromatic N) is 1. The second-order valence-corrected chi connectivity index (χ2v) is 18.1. The van der Waals surface area contributed by atoms with Crippen LogP contribution >= 0.6 is 0 Å². The minimum Gasteiger partial charge on any atom is -0.310 e. The molecule has 0 radical (unpaired) electrons. The lowest BCUT2D eigenvalue weighted by molar-refractivity contribution is 0.662. The lowest BCUT2D eigenvalue weighted by atomic mass is 9.74. The van der Waals surface area contributed by atoms with Crippen LogP contribution in [-0.2, 0) is 10.8 Å². The van der Waals surface area contributed by atoms with Gasteiger partial charge in [0.25, 0.3) is 0 Å². The fraction of sp³-hybridized carbons (Fsp3) is 0.0794. The lowest BCUT2D eigenvalue weighted by Crippen LogP contribution is -2.22. The van der Waals surface area contributed by atoms with E-state index in [1.165, 1.54) is 94.2 Å². The molecular weight excluding hydrogens is 771 g/mol. The minimum absolute atomic E-state index is 0.120. The second kappa shape index (κ2) is 14.7. The SMILES string of the molecule is CC1(C)c2ccccc2-c2cccc(-c3ccccc3-c3ccc(N(c4ccc5c(c4)C(C)(c4ccccc4)c4ccccc4-5)c4ccccc4-c4cccc5ccccc45)cc3)c21. The zero-order chi connectivity index (χ0) is 43.0. The molecule has 0 bridgehead atoms. The molecule has 12 rings (SSSR count). The van der Waals surface area contributed by atoms with Crippen LogP contribution in [-0.4, -0.2) is 0 Å². The van der Waals surface area contributed by atoms with Crippen molar-refractivity contribution in [2.24, 2.45) is 0 Å². The Labute approximate surface area is 376 Å². The standard InChI is InChI=1S/C63H47N/c1-62(2)57-32-14-11-27-52(57)56-31-18-30-55(61(56)62)50-25-10-9-24-48(50)43-35-37-45(38-36-43)64(60-34-16-13-28-54(60)49-29-17-20-42-19-7-8-23-47(42)49)46-39-40-53-51-26-12-15-33-58(51)63(3,59(53)41-46)44-21-5-4-6-22-44/h4-41H,1-3H3. The summed E-state index contributed by atoms with van der Waals surface area (Å²) in [4.78, 5) is 2.48. The highest BCUT2D eigenvalue weighted by atomic mass is 15.1. The van der Waals surface area contributed by atoms with Crippen molar-refractivity contribution in [3.05, 3.63) is 258 Å². The van der Waals surface area contributed by atoms with Crippen molar-refractivity contribution in [3.63, 3.8) is 0 Å². The van der Waals surface area contributed by atoms with Crippen LogP contribution in [0, 0.1) is 0 Å². The number of benzene rings is 10. The van der Waals surface area contributed by atoms with E-state index in [1.807, 2.05) is 0 Å². The van der Waals surface area contributed by atoms with Crippen molar-refractivity contribution >= 4 is 27.8 Å². The molecular formula is C63H47N. The molecule has 64 heavy (non-hydrogen) atoms. The fourth-order valence-corrected chi connectivity index (χ4v) is 11.3. The monoisotopic (exact) mass is 817 g/mol. The van der Waals surface area contributed by atoms with Gasteiger partial charge < -0.3 is 4.90 Å². The first kappa shape index (κ1) is 38.0. The molecule has 1 unspecified atom stereocenters. The van der Waals surface area contributed by atoms with Crippen molar-refractivity contribution in [2.45, 2.75) is 31.6 Å². The molecule has 2 aliphatic carbocycles. The molecule has 0 aromatic heterocycles. The molecule has 0 saturated carbocycles. The third kappa shape index (κ3) is 5.70. The first-order chi connectivity index (χ1) is 31.4. The summed E-state index contributed by atoms with van der Waals surface area (Å²) in [5.41, 5.74) is 22.3. The molecule has 304 valence electrons. The van der Waals surface area contributed by atoms with Gasteiger partial charge in [-0.3, -0.25) is 0 Å². The van der Waals surface area contributed by atoms with E-state index in [1.54, 1.807) is 0 Å². The molecule has 0 N–H and O–H groups in total. The lowest BCUT2D eigenvalue weighted by Gasteiger charge is -2.32. The molecule has 0 heterocycles. The summed E-state index contributed by atoms with van der Waals surface area (Å²) in [7, 11) is 0. The molecule has 1 heteroatoms. The van der Waals surface area contributed by atoms with Crippen LogP contribution in [0.3, 0.4) is 0 Å². The quantitative estimate of drug-likeness (QED) is 0.155. The number of fused-ring (bicyclic) bond motifs is 7. The predicted molar refractivity (Wildman–Crippen MR) is 270 cm³/mol. The third-order valence-corrected chi connectivity index (χ3v) is 14.4. The number of para-hydroxylation sites is 1. The normalized spacial score (nSPS) is 15.3. The smallest absolute Gasteiger partial charge is 0.0540 e. The van der Waals surface area contributed by atoms with Gasteiger partial charge in [-0.2, -0.15) is 0 Å². The molecule has 10 aromatic carbocycles. The van der Waals surface area contributed by atoms with Gasteiger partial charge in [-0.25, -0.2) is 0 Å². The Kier molecular flexibility index (Phi) is 8.71. The third-order valence-electron chi connectivity index (χ3n) is 14.4. The summed E-state index contributed by atoms with van der Waals surface area (Å²) >= 11 is 0. The van der Waals surface area contributed by atoms with Crippen LogP contribution in [0.4, 0.5) is 17.1 Å². The zero-order valence-corrected chi connectivity index (χ0v) is 36.4. The van der Waals surface area contributed by atoms with Gasteiger partial charge in [-0.1, -0.05) is 214 Å². The maximum absolute atomic E-state index is 2.48. The highest BCUT2D eigenvalue weighted by molar-refractivity contribution is 6.02. The van der Waals surface area contributed by atoms with Gasteiger partial charge in [-0.05, 0) is 126 Å². The van der Waals surface area contributed by atoms with E-state index < -0.39 is 0 Å². The van der Waals surface area contributed by atoms with Crippen LogP contribution < -0.4 is 4.90 Å². The molecule has 1 atom stereocenters. The van der Waals surface area contributed by atoms with Gasteiger partial charge in [0.1, 0.15) is 0 Å². The number of rotatable bonds is 7. The summed E-state index contributed by atoms with van der Waals surface area (Å²) in [6.45, 7) is 7.16. The van der Waals surface area contributed by atoms with Crippen molar-refractivity contribution in [2.75, 3.05) is 4.90 Å². The van der Waals surface area contributed by atoms with Gasteiger partial charge in [0, 0.05) is 27.8 Å². The Morgan fingerprint density at radius 1 is 0.328 bits per heavy atom. The molecule has 2 aliphatic rings. The number of hydrogen-bond donors (Lipinski definition) is 0. The van der Waals surface area contributed by atoms with Crippen LogP contribution in [0.5, 0.6) is 0 Å². The van der Waals surface area contributed by atoms with E-state index in [4.69, 9.17) is 0 Å². The van der Waals surface area contributed by atoms with Gasteiger partial charge in [0.05, 0.1) is 5.69 Å². The summed E-state index contributed by atoms with van der Waals surface area (Å²) in [5, 5.41) is 2.47. The summed E-state index contributed by atoms with van der Waals surface area (Å²) in [5.74, 6) is 0. The summed E-state index contributed by atoms with van der Waals surface area (Å²) in [6.07, 6.45) is 0. The van der Waals surface area contributed by atoms with Crippen molar-refractivity contribution in [1.82, 2.24) is 0 Å². The average molecular weight is 818 g/mol. The van der Waals surface area contributed by atoms with E-state index in [0.29, 0.717) is 0 Å². The highest BCUT2D eigenvalue weighted by Gasteiger charge is 2.41. The van der Waals surface area contributed by atoms with E-state index in [9.17, 15) is 0 Å². The maximum Gasteiger partial charge on any atom is 0.0540 e. The average Bonchev–Trinajstić information content (AvgIpc) is 3.76. The summed E-state index contributed by atoms with van der Waals surface area (Å²) in [6, 6.07) is 85.4. The molecule has 0 saturated heterocycles. The highest BCUT2D eigenvalue weighted by Crippen LogP contribution is 2.55. The Morgan fingerprint density at radius 3 is 1.62 bits per heavy atom. The van der Waals surface area contributed by atoms with Crippen LogP contribution in [0.25, 0.3) is 66.4 Å². The predicted octanol–water partition coefficient (Wildman–Crippen LogP) is 17.0. The summed E-state index contributed by atoms with van der Waals surface area (Å²) < 4.78 is 0. The van der Waals surface area contributed by atoms with Crippen molar-refractivity contribution in [1.29, 1.82) is 0 Å². The molecule has 10 aromatic rings. The van der Waals surface area contributed by atoms with Crippen molar-refractivity contribution in [3.8, 4) is 55.6 Å². The molecule has 1 nitrogen and oxygen atoms in total. The molecule has 0 fully saturated rings. The molecule has 0 aliphatic heterocycles. The second-order valence-electron chi connectivity index (χ2n) is 18.1. The number of anilines is 3. The topological polar surface area (TPSA) is 3.24 Å². The zero-order valence-electron chi connectivity index (χ0n) is 36.4. The number of hydrogen-bond acceptors (Lipinski definition) is 1. The maximum atomic E-state index is 2.48. The Bertz CT molecular complexity index is 3420. The van der Waals surface area contributed by atoms with Gasteiger partial charge in [0.2, 0.25) is 0 Å². The van der Waals surface area contributed by atoms with E-state index >= 15 is 0 Å². The molecule has 0 spiro atoms. The first-order valence-electron chi connectivity index (χ1n) is 22.5. The van der Waals surface area contributed by atoms with Gasteiger partial charge >= 0.3 is 0 Å². The Hall–Kier alpha value is -7.74. The van der Waals surface area contributed by atoms with Crippen molar-refractivity contribution < 1.29 is 0 Å². The minimum atomic E-state index is -0.328. The molecule has 0 amide bonds. The van der Waals surface area contributed by atoms with Crippen LogP contribution in [0.1, 0.15) is 48.6 Å². The first-order valence-corrected chi connectivity index (χ1v) is 22.5. The van der Waals surface area contributed by atoms with Gasteiger partial charge in [0.15, 0.2) is 0 Å². The van der Waals surface area contributed by atoms with E-state index in [0.717, 1.165) is 17.1 Å². The Morgan fingerprint density at radius 2 is 0.844 bits per heavy atom. The van der Waals surface area contributed by atoms with Gasteiger partial charge in [-0.15, -0.1) is 0 Å². The van der Waals surface area contributed by atoms with E-state index in [2.05, 4.69) is 256 Å². The van der Waals surface area contributed by atoms with Crippen LogP contribution in [0.2, 0.25) is 0 Å². The fourth-order valence-electron chi connectivity index (χ4n) is 11.3. The Balaban J connectivity index is 1.04. The largest absolute Gasteiger partial charge is 0.310 e.